The van der Waals surface area contributed by atoms with Gasteiger partial charge >= 0.3 is 17.1 Å². The number of carbonyl (C=O) groups is 4. The van der Waals surface area contributed by atoms with E-state index >= 15 is 0 Å². The molecule has 0 aromatic rings. The van der Waals surface area contributed by atoms with Gasteiger partial charge in [-0.2, -0.15) is 0 Å². The average molecular weight is 398 g/mol. The van der Waals surface area contributed by atoms with Crippen LogP contribution in [0.2, 0.25) is 0 Å². The van der Waals surface area contributed by atoms with Gasteiger partial charge in [-0.15, -0.1) is 0 Å². The fourth-order valence-corrected chi connectivity index (χ4v) is 1.44. The van der Waals surface area contributed by atoms with Crippen LogP contribution in [0.25, 0.3) is 0 Å². The van der Waals surface area contributed by atoms with Crippen molar-refractivity contribution in [1.82, 2.24) is 9.80 Å². The van der Waals surface area contributed by atoms with Crippen LogP contribution in [0.1, 0.15) is 0 Å². The van der Waals surface area contributed by atoms with Gasteiger partial charge in [0.05, 0.1) is 23.9 Å². The van der Waals surface area contributed by atoms with Crippen molar-refractivity contribution < 1.29 is 73.1 Å². The van der Waals surface area contributed by atoms with Crippen LogP contribution in [0.3, 0.4) is 0 Å². The predicted molar refractivity (Wildman–Crippen MR) is 63.7 cm³/mol. The van der Waals surface area contributed by atoms with Crippen LogP contribution < -0.4 is 20.4 Å². The number of hydrogen-bond donors (Lipinski definition) is 0. The molecular formula is C10H18FeN2O11-. The van der Waals surface area contributed by atoms with E-state index in [9.17, 15) is 39.6 Å². The molecule has 0 atom stereocenters. The van der Waals surface area contributed by atoms with E-state index in [0.717, 1.165) is 9.80 Å². The van der Waals surface area contributed by atoms with Crippen LogP contribution in [0.4, 0.5) is 0 Å². The van der Waals surface area contributed by atoms with Crippen molar-refractivity contribution in [3.05, 3.63) is 0 Å². The monoisotopic (exact) mass is 398 g/mol. The molecule has 0 saturated carbocycles. The Hall–Kier alpha value is -1.80. The standard InChI is InChI=1S/C10H16N2O8.Fe.3H2O/c13-7(14)3-11(4-8(15)16)1-2-12(5-9(17)18)6-10(19)20;;;;/h1-6H2,(H,13,14)(H,15,16)(H,17,18)(H,19,20);;3*1H2/q;+3;;;/p-4. The van der Waals surface area contributed by atoms with Gasteiger partial charge < -0.3 is 56.0 Å². The molecule has 0 aliphatic carbocycles. The largest absolute Gasteiger partial charge is 3.00 e. The summed E-state index contributed by atoms with van der Waals surface area (Å²) < 4.78 is 0. The third kappa shape index (κ3) is 20.2. The number of carbonyl (C=O) groups excluding carboxylic acids is 4. The Morgan fingerprint density at radius 3 is 0.833 bits per heavy atom. The summed E-state index contributed by atoms with van der Waals surface area (Å²) in [5, 5.41) is 41.6. The Bertz CT molecular complexity index is 325. The Morgan fingerprint density at radius 1 is 0.542 bits per heavy atom. The summed E-state index contributed by atoms with van der Waals surface area (Å²) in [5.41, 5.74) is 0. The van der Waals surface area contributed by atoms with E-state index in [2.05, 4.69) is 0 Å². The molecule has 1 radical (unpaired) electrons. The molecule has 0 aliphatic heterocycles. The van der Waals surface area contributed by atoms with Gasteiger partial charge in [0.1, 0.15) is 0 Å². The molecule has 0 aromatic heterocycles. The van der Waals surface area contributed by atoms with E-state index in [-0.39, 0.29) is 46.6 Å². The zero-order valence-corrected chi connectivity index (χ0v) is 13.4. The average Bonchev–Trinajstić information content (AvgIpc) is 2.22. The molecular weight excluding hydrogens is 380 g/mol. The molecule has 6 N–H and O–H groups in total. The Labute approximate surface area is 146 Å². The number of nitrogens with zero attached hydrogens (tertiary/aromatic N) is 2. The second-order valence-corrected chi connectivity index (χ2v) is 3.91. The summed E-state index contributed by atoms with van der Waals surface area (Å²) >= 11 is 0. The van der Waals surface area contributed by atoms with Gasteiger partial charge in [-0.1, -0.05) is 0 Å². The third-order valence-corrected chi connectivity index (χ3v) is 2.14. The molecule has 0 aromatic carbocycles. The van der Waals surface area contributed by atoms with E-state index in [0.29, 0.717) is 0 Å². The van der Waals surface area contributed by atoms with Gasteiger partial charge in [-0.3, -0.25) is 9.80 Å². The van der Waals surface area contributed by atoms with Crippen molar-refractivity contribution in [2.45, 2.75) is 0 Å². The van der Waals surface area contributed by atoms with Crippen molar-refractivity contribution in [1.29, 1.82) is 0 Å². The number of carboxylic acids is 4. The van der Waals surface area contributed by atoms with Crippen LogP contribution in [0, 0.1) is 0 Å². The second kappa shape index (κ2) is 17.6. The van der Waals surface area contributed by atoms with Gasteiger partial charge in [-0.05, 0) is 0 Å². The first-order valence-electron chi connectivity index (χ1n) is 5.44. The van der Waals surface area contributed by atoms with E-state index in [4.69, 9.17) is 0 Å². The first-order chi connectivity index (χ1) is 9.20. The van der Waals surface area contributed by atoms with E-state index in [1.54, 1.807) is 0 Å². The van der Waals surface area contributed by atoms with Gasteiger partial charge in [0.2, 0.25) is 0 Å². The number of rotatable bonds is 11. The van der Waals surface area contributed by atoms with Gasteiger partial charge in [-0.25, -0.2) is 0 Å². The number of hydrogen-bond acceptors (Lipinski definition) is 10. The zero-order chi connectivity index (χ0) is 15.7. The molecule has 0 aliphatic rings. The molecule has 14 heteroatoms. The molecule has 0 fully saturated rings. The van der Waals surface area contributed by atoms with Crippen molar-refractivity contribution in [3.8, 4) is 0 Å². The molecule has 143 valence electrons. The first kappa shape index (κ1) is 33.7. The van der Waals surface area contributed by atoms with E-state index < -0.39 is 50.1 Å². The quantitative estimate of drug-likeness (QED) is 0.296. The minimum Gasteiger partial charge on any atom is -0.549 e. The van der Waals surface area contributed by atoms with E-state index in [1.807, 2.05) is 0 Å². The SMILES string of the molecule is O.O.O.O=C([O-])CN(CCN(CC(=O)[O-])CC(=O)[O-])CC(=O)[O-].[Fe+3]. The fourth-order valence-electron chi connectivity index (χ4n) is 1.44. The Kier molecular flexibility index (Phi) is 24.7. The smallest absolute Gasteiger partial charge is 0.549 e. The van der Waals surface area contributed by atoms with Crippen LogP contribution in [-0.4, -0.2) is 89.4 Å². The van der Waals surface area contributed by atoms with Gasteiger partial charge in [0.25, 0.3) is 0 Å². The van der Waals surface area contributed by atoms with Crippen LogP contribution in [-0.2, 0) is 36.2 Å². The molecule has 0 spiro atoms. The summed E-state index contributed by atoms with van der Waals surface area (Å²) in [6.07, 6.45) is 0. The second-order valence-electron chi connectivity index (χ2n) is 3.91. The molecule has 0 unspecified atom stereocenters. The summed E-state index contributed by atoms with van der Waals surface area (Å²) in [7, 11) is 0. The molecule has 0 rings (SSSR count). The summed E-state index contributed by atoms with van der Waals surface area (Å²) in [5.74, 6) is -6.12. The summed E-state index contributed by atoms with van der Waals surface area (Å²) in [4.78, 5) is 43.4. The van der Waals surface area contributed by atoms with Crippen LogP contribution >= 0.6 is 0 Å². The topological polar surface area (TPSA) is 262 Å². The van der Waals surface area contributed by atoms with Crippen molar-refractivity contribution in [2.75, 3.05) is 39.3 Å². The maximum absolute atomic E-state index is 10.4. The molecule has 0 amide bonds. The molecule has 24 heavy (non-hydrogen) atoms. The molecule has 0 heterocycles. The van der Waals surface area contributed by atoms with E-state index in [1.165, 1.54) is 0 Å². The molecule has 0 saturated heterocycles. The van der Waals surface area contributed by atoms with Crippen molar-refractivity contribution in [3.63, 3.8) is 0 Å². The maximum Gasteiger partial charge on any atom is 3.00 e. The van der Waals surface area contributed by atoms with Gasteiger partial charge in [0.15, 0.2) is 0 Å². The predicted octanol–water partition coefficient (Wildman–Crippen LogP) is -9.89. The van der Waals surface area contributed by atoms with Crippen molar-refractivity contribution in [2.24, 2.45) is 0 Å². The fraction of sp³-hybridized carbons (Fsp3) is 0.600. The van der Waals surface area contributed by atoms with Crippen molar-refractivity contribution >= 4 is 23.9 Å². The van der Waals surface area contributed by atoms with Crippen LogP contribution in [0.15, 0.2) is 0 Å². The summed E-state index contributed by atoms with van der Waals surface area (Å²) in [6, 6.07) is 0. The molecule has 0 bridgehead atoms. The van der Waals surface area contributed by atoms with Gasteiger partial charge in [0, 0.05) is 39.3 Å². The first-order valence-corrected chi connectivity index (χ1v) is 5.44. The minimum atomic E-state index is -1.53. The summed E-state index contributed by atoms with van der Waals surface area (Å²) in [6.45, 7) is -3.25. The number of carboxylic acid groups (broad SMARTS) is 4. The maximum atomic E-state index is 10.4. The molecule has 13 nitrogen and oxygen atoms in total. The third-order valence-electron chi connectivity index (χ3n) is 2.14. The zero-order valence-electron chi connectivity index (χ0n) is 12.3. The Balaban J connectivity index is -0.000000301. The number of aliphatic carboxylic acids is 4. The Morgan fingerprint density at radius 2 is 0.708 bits per heavy atom. The minimum absolute atomic E-state index is 0. The normalized spacial score (nSPS) is 8.92. The van der Waals surface area contributed by atoms with Crippen LogP contribution in [0.5, 0.6) is 0 Å².